The average Bonchev–Trinajstić information content (AvgIpc) is 3.09. The van der Waals surface area contributed by atoms with Gasteiger partial charge in [0.05, 0.1) is 0 Å². The second-order valence-corrected chi connectivity index (χ2v) is 9.79. The molecule has 0 saturated heterocycles. The predicted octanol–water partition coefficient (Wildman–Crippen LogP) is 5.01. The van der Waals surface area contributed by atoms with Gasteiger partial charge in [-0.2, -0.15) is 0 Å². The SMILES string of the molecule is CC(C)(C)C1CCCCC1NC1CC2CC1C1CCCC21. The van der Waals surface area contributed by atoms with Gasteiger partial charge in [0, 0.05) is 12.1 Å². The van der Waals surface area contributed by atoms with Gasteiger partial charge >= 0.3 is 0 Å². The van der Waals surface area contributed by atoms with Crippen molar-refractivity contribution in [3.63, 3.8) is 0 Å². The van der Waals surface area contributed by atoms with E-state index in [2.05, 4.69) is 26.1 Å². The average molecular weight is 290 g/mol. The Bertz CT molecular complexity index is 382. The van der Waals surface area contributed by atoms with E-state index in [1.807, 2.05) is 0 Å². The number of rotatable bonds is 2. The summed E-state index contributed by atoms with van der Waals surface area (Å²) in [6, 6.07) is 1.69. The first-order valence-corrected chi connectivity index (χ1v) is 9.80. The Kier molecular flexibility index (Phi) is 3.64. The van der Waals surface area contributed by atoms with Gasteiger partial charge in [0.15, 0.2) is 0 Å². The fraction of sp³-hybridized carbons (Fsp3) is 1.00. The lowest BCUT2D eigenvalue weighted by Crippen LogP contribution is -2.51. The summed E-state index contributed by atoms with van der Waals surface area (Å²) in [4.78, 5) is 0. The number of hydrogen-bond donors (Lipinski definition) is 1. The van der Waals surface area contributed by atoms with E-state index in [4.69, 9.17) is 0 Å². The highest BCUT2D eigenvalue weighted by Crippen LogP contribution is 2.59. The van der Waals surface area contributed by atoms with E-state index < -0.39 is 0 Å². The molecule has 0 heterocycles. The Labute approximate surface area is 131 Å². The molecule has 1 heteroatoms. The van der Waals surface area contributed by atoms with Crippen molar-refractivity contribution in [1.82, 2.24) is 5.32 Å². The molecule has 0 radical (unpaired) electrons. The van der Waals surface area contributed by atoms with Crippen molar-refractivity contribution in [2.45, 2.75) is 90.6 Å². The van der Waals surface area contributed by atoms with E-state index >= 15 is 0 Å². The second kappa shape index (κ2) is 5.25. The molecule has 0 aliphatic heterocycles. The summed E-state index contributed by atoms with van der Waals surface area (Å²) < 4.78 is 0. The Morgan fingerprint density at radius 3 is 2.29 bits per heavy atom. The van der Waals surface area contributed by atoms with Crippen LogP contribution in [0.4, 0.5) is 0 Å². The summed E-state index contributed by atoms with van der Waals surface area (Å²) in [6.45, 7) is 7.39. The Morgan fingerprint density at radius 1 is 0.714 bits per heavy atom. The van der Waals surface area contributed by atoms with Crippen molar-refractivity contribution < 1.29 is 0 Å². The molecule has 7 atom stereocenters. The highest BCUT2D eigenvalue weighted by atomic mass is 15.0. The summed E-state index contributed by atoms with van der Waals surface area (Å²) in [6.07, 6.45) is 13.5. The molecule has 0 aromatic heterocycles. The van der Waals surface area contributed by atoms with Gasteiger partial charge in [-0.15, -0.1) is 0 Å². The minimum atomic E-state index is 0.478. The van der Waals surface area contributed by atoms with Crippen LogP contribution < -0.4 is 5.32 Å². The molecule has 4 saturated carbocycles. The third-order valence-corrected chi connectivity index (χ3v) is 7.74. The monoisotopic (exact) mass is 289 g/mol. The summed E-state index contributed by atoms with van der Waals surface area (Å²) in [5, 5.41) is 4.22. The van der Waals surface area contributed by atoms with Crippen molar-refractivity contribution >= 4 is 0 Å². The molecule has 0 spiro atoms. The predicted molar refractivity (Wildman–Crippen MR) is 89.2 cm³/mol. The van der Waals surface area contributed by atoms with Crippen LogP contribution in [0.1, 0.15) is 78.6 Å². The lowest BCUT2D eigenvalue weighted by Gasteiger charge is -2.44. The highest BCUT2D eigenvalue weighted by molar-refractivity contribution is 5.06. The minimum Gasteiger partial charge on any atom is -0.311 e. The summed E-state index contributed by atoms with van der Waals surface area (Å²) in [5.41, 5.74) is 0.478. The van der Waals surface area contributed by atoms with Gasteiger partial charge in [-0.05, 0) is 73.5 Å². The van der Waals surface area contributed by atoms with E-state index in [0.717, 1.165) is 41.7 Å². The van der Waals surface area contributed by atoms with Crippen LogP contribution >= 0.6 is 0 Å². The molecule has 4 rings (SSSR count). The molecule has 4 fully saturated rings. The number of hydrogen-bond acceptors (Lipinski definition) is 1. The van der Waals surface area contributed by atoms with Crippen LogP contribution in [0.15, 0.2) is 0 Å². The van der Waals surface area contributed by atoms with Crippen LogP contribution in [0.2, 0.25) is 0 Å². The van der Waals surface area contributed by atoms with Crippen molar-refractivity contribution in [2.24, 2.45) is 35.0 Å². The maximum atomic E-state index is 4.22. The molecule has 4 aliphatic rings. The fourth-order valence-corrected chi connectivity index (χ4v) is 6.90. The second-order valence-electron chi connectivity index (χ2n) is 9.79. The summed E-state index contributed by atoms with van der Waals surface area (Å²) in [7, 11) is 0. The lowest BCUT2D eigenvalue weighted by atomic mass is 9.69. The maximum absolute atomic E-state index is 4.22. The molecule has 0 aromatic rings. The van der Waals surface area contributed by atoms with Crippen molar-refractivity contribution in [1.29, 1.82) is 0 Å². The molecule has 1 nitrogen and oxygen atoms in total. The zero-order valence-corrected chi connectivity index (χ0v) is 14.4. The van der Waals surface area contributed by atoms with Gasteiger partial charge in [-0.1, -0.05) is 40.0 Å². The van der Waals surface area contributed by atoms with Gasteiger partial charge in [-0.3, -0.25) is 0 Å². The Morgan fingerprint density at radius 2 is 1.48 bits per heavy atom. The third kappa shape index (κ3) is 2.48. The Hall–Kier alpha value is -0.0400. The van der Waals surface area contributed by atoms with Crippen molar-refractivity contribution in [3.8, 4) is 0 Å². The minimum absolute atomic E-state index is 0.478. The molecule has 0 aromatic carbocycles. The van der Waals surface area contributed by atoms with Crippen LogP contribution in [0.25, 0.3) is 0 Å². The standard InChI is InChI=1S/C20H35N/c1-20(2,3)17-9-4-5-10-18(17)21-19-12-13-11-16(19)15-8-6-7-14(13)15/h13-19,21H,4-12H2,1-3H3. The van der Waals surface area contributed by atoms with E-state index in [-0.39, 0.29) is 0 Å². The van der Waals surface area contributed by atoms with E-state index in [1.165, 1.54) is 38.5 Å². The first-order chi connectivity index (χ1) is 10.0. The van der Waals surface area contributed by atoms with E-state index in [1.54, 1.807) is 19.3 Å². The smallest absolute Gasteiger partial charge is 0.0104 e. The van der Waals surface area contributed by atoms with Gasteiger partial charge in [-0.25, -0.2) is 0 Å². The quantitative estimate of drug-likeness (QED) is 0.754. The maximum Gasteiger partial charge on any atom is 0.0104 e. The third-order valence-electron chi connectivity index (χ3n) is 7.74. The molecule has 0 amide bonds. The van der Waals surface area contributed by atoms with E-state index in [0.29, 0.717) is 5.41 Å². The van der Waals surface area contributed by atoms with Crippen LogP contribution in [-0.2, 0) is 0 Å². The number of fused-ring (bicyclic) bond motifs is 5. The van der Waals surface area contributed by atoms with E-state index in [9.17, 15) is 0 Å². The van der Waals surface area contributed by atoms with Crippen molar-refractivity contribution in [2.75, 3.05) is 0 Å². The molecule has 4 aliphatic carbocycles. The zero-order chi connectivity index (χ0) is 14.6. The molecule has 2 bridgehead atoms. The van der Waals surface area contributed by atoms with Crippen LogP contribution in [-0.4, -0.2) is 12.1 Å². The van der Waals surface area contributed by atoms with Gasteiger partial charge in [0.1, 0.15) is 0 Å². The van der Waals surface area contributed by atoms with Gasteiger partial charge in [0.2, 0.25) is 0 Å². The normalized spacial score (nSPS) is 49.6. The molecule has 7 unspecified atom stereocenters. The summed E-state index contributed by atoms with van der Waals surface area (Å²) >= 11 is 0. The van der Waals surface area contributed by atoms with Gasteiger partial charge < -0.3 is 5.32 Å². The van der Waals surface area contributed by atoms with Crippen molar-refractivity contribution in [3.05, 3.63) is 0 Å². The molecule has 120 valence electrons. The highest BCUT2D eigenvalue weighted by Gasteiger charge is 2.54. The van der Waals surface area contributed by atoms with Crippen LogP contribution in [0, 0.1) is 35.0 Å². The van der Waals surface area contributed by atoms with Gasteiger partial charge in [0.25, 0.3) is 0 Å². The largest absolute Gasteiger partial charge is 0.311 e. The first-order valence-electron chi connectivity index (χ1n) is 9.80. The number of nitrogens with one attached hydrogen (secondary N) is 1. The topological polar surface area (TPSA) is 12.0 Å². The lowest BCUT2D eigenvalue weighted by molar-refractivity contribution is 0.103. The first kappa shape index (κ1) is 14.5. The molecule has 21 heavy (non-hydrogen) atoms. The molecular formula is C20H35N. The molecular weight excluding hydrogens is 254 g/mol. The summed E-state index contributed by atoms with van der Waals surface area (Å²) in [5.74, 6) is 5.28. The van der Waals surface area contributed by atoms with Crippen LogP contribution in [0.5, 0.6) is 0 Å². The zero-order valence-electron chi connectivity index (χ0n) is 14.4. The fourth-order valence-electron chi connectivity index (χ4n) is 6.90. The molecule has 1 N–H and O–H groups in total. The van der Waals surface area contributed by atoms with Crippen LogP contribution in [0.3, 0.4) is 0 Å². The Balaban J connectivity index is 1.44.